The number of thiol groups is 1. The molecule has 2 heterocycles. The molecule has 1 aliphatic rings. The summed E-state index contributed by atoms with van der Waals surface area (Å²) in [7, 11) is 1.18. The van der Waals surface area contributed by atoms with Crippen molar-refractivity contribution in [1.29, 1.82) is 0 Å². The molecular formula is C12H16N2O7S. The van der Waals surface area contributed by atoms with E-state index in [-0.39, 0.29) is 12.0 Å². The van der Waals surface area contributed by atoms with E-state index in [1.807, 2.05) is 0 Å². The summed E-state index contributed by atoms with van der Waals surface area (Å²) in [5.74, 6) is -0.640. The van der Waals surface area contributed by atoms with Crippen molar-refractivity contribution in [2.45, 2.75) is 30.1 Å². The van der Waals surface area contributed by atoms with Gasteiger partial charge in [0.2, 0.25) is 0 Å². The van der Waals surface area contributed by atoms with Crippen molar-refractivity contribution < 1.29 is 24.5 Å². The summed E-state index contributed by atoms with van der Waals surface area (Å²) in [4.78, 5) is 37.0. The third kappa shape index (κ3) is 3.09. The Balaban J connectivity index is 2.39. The topological polar surface area (TPSA) is 131 Å². The minimum Gasteiger partial charge on any atom is -0.469 e. The van der Waals surface area contributed by atoms with E-state index >= 15 is 0 Å². The van der Waals surface area contributed by atoms with Gasteiger partial charge in [0.1, 0.15) is 6.10 Å². The van der Waals surface area contributed by atoms with E-state index in [9.17, 15) is 19.5 Å². The minimum atomic E-state index is -1.08. The summed E-state index contributed by atoms with van der Waals surface area (Å²) >= 11 is 4.17. The lowest BCUT2D eigenvalue weighted by Gasteiger charge is -2.18. The second-order valence-electron chi connectivity index (χ2n) is 4.80. The molecule has 0 saturated carbocycles. The molecule has 0 aliphatic carbocycles. The Labute approximate surface area is 129 Å². The number of hydrogen-bond donors (Lipinski definition) is 4. The predicted octanol–water partition coefficient (Wildman–Crippen LogP) is -2.20. The molecular weight excluding hydrogens is 316 g/mol. The standard InChI is InChI=1S/C12H16N2O7S/c1-20-7(16)2-5-3-14(12(19)13-10(5)18)11-9(22)8(17)6(4-15)21-11/h3,6,8-9,11,15,17,22H,2,4H2,1H3,(H,13,18,19)/t6-,8-,9-,11-/m1/s1. The number of aromatic amines is 1. The van der Waals surface area contributed by atoms with E-state index in [0.29, 0.717) is 0 Å². The molecule has 0 radical (unpaired) electrons. The summed E-state index contributed by atoms with van der Waals surface area (Å²) in [6, 6.07) is 0. The molecule has 0 aromatic carbocycles. The normalized spacial score (nSPS) is 27.8. The molecule has 1 saturated heterocycles. The lowest BCUT2D eigenvalue weighted by molar-refractivity contribution is -0.139. The second-order valence-corrected chi connectivity index (χ2v) is 5.40. The first-order valence-electron chi connectivity index (χ1n) is 6.42. The Morgan fingerprint density at radius 2 is 2.23 bits per heavy atom. The van der Waals surface area contributed by atoms with Gasteiger partial charge >= 0.3 is 11.7 Å². The predicted molar refractivity (Wildman–Crippen MR) is 76.8 cm³/mol. The van der Waals surface area contributed by atoms with Crippen LogP contribution in [-0.4, -0.2) is 56.9 Å². The van der Waals surface area contributed by atoms with E-state index in [2.05, 4.69) is 22.3 Å². The van der Waals surface area contributed by atoms with Crippen LogP contribution >= 0.6 is 12.6 Å². The number of aliphatic hydroxyl groups is 2. The molecule has 2 rings (SSSR count). The van der Waals surface area contributed by atoms with Gasteiger partial charge in [-0.05, 0) is 0 Å². The fourth-order valence-electron chi connectivity index (χ4n) is 2.18. The summed E-state index contributed by atoms with van der Waals surface area (Å²) in [6.45, 7) is -0.443. The van der Waals surface area contributed by atoms with Crippen LogP contribution < -0.4 is 11.2 Å². The van der Waals surface area contributed by atoms with Crippen LogP contribution in [0.4, 0.5) is 0 Å². The van der Waals surface area contributed by atoms with Gasteiger partial charge in [0.05, 0.1) is 31.5 Å². The van der Waals surface area contributed by atoms with Crippen molar-refractivity contribution in [2.24, 2.45) is 0 Å². The SMILES string of the molecule is COC(=O)Cc1cn([C@@H]2O[C@H](CO)[C@@H](O)[C@H]2S)c(=O)[nH]c1=O. The van der Waals surface area contributed by atoms with Crippen molar-refractivity contribution in [3.05, 3.63) is 32.6 Å². The summed E-state index contributed by atoms with van der Waals surface area (Å²) in [6.07, 6.45) is -2.12. The fraction of sp³-hybridized carbons (Fsp3) is 0.583. The van der Waals surface area contributed by atoms with E-state index < -0.39 is 47.5 Å². The number of nitrogens with one attached hydrogen (secondary N) is 1. The quantitative estimate of drug-likeness (QED) is 0.363. The highest BCUT2D eigenvalue weighted by Gasteiger charge is 2.42. The van der Waals surface area contributed by atoms with Crippen molar-refractivity contribution in [2.75, 3.05) is 13.7 Å². The molecule has 22 heavy (non-hydrogen) atoms. The number of hydrogen-bond acceptors (Lipinski definition) is 8. The lowest BCUT2D eigenvalue weighted by Crippen LogP contribution is -2.37. The van der Waals surface area contributed by atoms with Gasteiger partial charge in [0.15, 0.2) is 6.23 Å². The molecule has 1 aromatic rings. The number of carbonyl (C=O) groups is 1. The Morgan fingerprint density at radius 1 is 1.55 bits per heavy atom. The van der Waals surface area contributed by atoms with E-state index in [4.69, 9.17) is 9.84 Å². The van der Waals surface area contributed by atoms with Crippen LogP contribution in [0.2, 0.25) is 0 Å². The molecule has 122 valence electrons. The molecule has 4 atom stereocenters. The number of ether oxygens (including phenoxy) is 2. The monoisotopic (exact) mass is 332 g/mol. The molecule has 3 N–H and O–H groups in total. The van der Waals surface area contributed by atoms with Gasteiger partial charge < -0.3 is 19.7 Å². The molecule has 0 bridgehead atoms. The molecule has 1 aliphatic heterocycles. The number of esters is 1. The maximum Gasteiger partial charge on any atom is 0.330 e. The molecule has 9 nitrogen and oxygen atoms in total. The zero-order valence-electron chi connectivity index (χ0n) is 11.6. The van der Waals surface area contributed by atoms with Crippen molar-refractivity contribution >= 4 is 18.6 Å². The Bertz CT molecular complexity index is 670. The van der Waals surface area contributed by atoms with Crippen LogP contribution in [0.25, 0.3) is 0 Å². The Kier molecular flexibility index (Phi) is 5.06. The third-order valence-electron chi connectivity index (χ3n) is 3.40. The van der Waals surface area contributed by atoms with Gasteiger partial charge in [-0.2, -0.15) is 12.6 Å². The van der Waals surface area contributed by atoms with Crippen LogP contribution in [0.5, 0.6) is 0 Å². The highest BCUT2D eigenvalue weighted by atomic mass is 32.1. The van der Waals surface area contributed by atoms with Crippen LogP contribution in [-0.2, 0) is 20.7 Å². The number of methoxy groups -OCH3 is 1. The molecule has 0 spiro atoms. The van der Waals surface area contributed by atoms with Gasteiger partial charge in [-0.15, -0.1) is 0 Å². The molecule has 0 unspecified atom stereocenters. The maximum atomic E-state index is 11.9. The molecule has 1 fully saturated rings. The van der Waals surface area contributed by atoms with Gasteiger partial charge in [-0.1, -0.05) is 0 Å². The Morgan fingerprint density at radius 3 is 2.77 bits per heavy atom. The van der Waals surface area contributed by atoms with Crippen LogP contribution in [0, 0.1) is 0 Å². The minimum absolute atomic E-state index is 0.0116. The van der Waals surface area contributed by atoms with Gasteiger partial charge in [-0.25, -0.2) is 4.79 Å². The largest absolute Gasteiger partial charge is 0.469 e. The molecule has 1 aromatic heterocycles. The molecule has 10 heteroatoms. The first-order chi connectivity index (χ1) is 10.4. The van der Waals surface area contributed by atoms with Crippen molar-refractivity contribution in [3.63, 3.8) is 0 Å². The summed E-state index contributed by atoms with van der Waals surface area (Å²) < 4.78 is 10.9. The lowest BCUT2D eigenvalue weighted by atomic mass is 10.2. The average molecular weight is 332 g/mol. The van der Waals surface area contributed by atoms with Gasteiger partial charge in [0.25, 0.3) is 5.56 Å². The first kappa shape index (κ1) is 16.7. The summed E-state index contributed by atoms with van der Waals surface area (Å²) in [5, 5.41) is 18.2. The second kappa shape index (κ2) is 6.65. The zero-order valence-corrected chi connectivity index (χ0v) is 12.5. The fourth-order valence-corrected chi connectivity index (χ4v) is 2.59. The third-order valence-corrected chi connectivity index (χ3v) is 3.96. The number of rotatable bonds is 4. The highest BCUT2D eigenvalue weighted by molar-refractivity contribution is 7.81. The van der Waals surface area contributed by atoms with Gasteiger partial charge in [-0.3, -0.25) is 19.1 Å². The van der Waals surface area contributed by atoms with E-state index in [0.717, 1.165) is 4.57 Å². The number of nitrogens with zero attached hydrogens (tertiary/aromatic N) is 1. The average Bonchev–Trinajstić information content (AvgIpc) is 2.77. The smallest absolute Gasteiger partial charge is 0.330 e. The van der Waals surface area contributed by atoms with Crippen LogP contribution in [0.3, 0.4) is 0 Å². The highest BCUT2D eigenvalue weighted by Crippen LogP contribution is 2.31. The van der Waals surface area contributed by atoms with Gasteiger partial charge in [0, 0.05) is 11.8 Å². The zero-order chi connectivity index (χ0) is 16.4. The number of carbonyl (C=O) groups excluding carboxylic acids is 1. The van der Waals surface area contributed by atoms with Crippen molar-refractivity contribution in [3.8, 4) is 0 Å². The Hall–Kier alpha value is -1.62. The van der Waals surface area contributed by atoms with E-state index in [1.54, 1.807) is 0 Å². The summed E-state index contributed by atoms with van der Waals surface area (Å²) in [5.41, 5.74) is -1.47. The first-order valence-corrected chi connectivity index (χ1v) is 6.94. The maximum absolute atomic E-state index is 11.9. The van der Waals surface area contributed by atoms with Crippen molar-refractivity contribution in [1.82, 2.24) is 9.55 Å². The number of aliphatic hydroxyl groups excluding tert-OH is 2. The van der Waals surface area contributed by atoms with Crippen LogP contribution in [0.15, 0.2) is 15.8 Å². The number of aromatic nitrogens is 2. The molecule has 0 amide bonds. The van der Waals surface area contributed by atoms with Crippen LogP contribution in [0.1, 0.15) is 11.8 Å². The number of H-pyrrole nitrogens is 1. The van der Waals surface area contributed by atoms with E-state index in [1.165, 1.54) is 13.3 Å².